The molecule has 0 saturated heterocycles. The van der Waals surface area contributed by atoms with Crippen LogP contribution in [-0.2, 0) is 21.0 Å². The molecule has 2 rings (SSSR count). The van der Waals surface area contributed by atoms with Crippen molar-refractivity contribution >= 4 is 23.7 Å². The van der Waals surface area contributed by atoms with E-state index in [1.54, 1.807) is 17.0 Å². The lowest BCUT2D eigenvalue weighted by Crippen LogP contribution is -2.38. The third-order valence-corrected chi connectivity index (χ3v) is 3.89. The van der Waals surface area contributed by atoms with Gasteiger partial charge in [0.05, 0.1) is 0 Å². The maximum Gasteiger partial charge on any atom is 0.270 e. The van der Waals surface area contributed by atoms with Gasteiger partial charge in [-0.2, -0.15) is 0 Å². The van der Waals surface area contributed by atoms with Gasteiger partial charge in [0.1, 0.15) is 6.21 Å². The van der Waals surface area contributed by atoms with Crippen molar-refractivity contribution in [1.29, 1.82) is 0 Å². The molecule has 0 fully saturated rings. The van der Waals surface area contributed by atoms with Gasteiger partial charge in [-0.3, -0.25) is 9.59 Å². The summed E-state index contributed by atoms with van der Waals surface area (Å²) in [6, 6.07) is 17.2. The Bertz CT molecular complexity index is 771. The first-order chi connectivity index (χ1) is 13.0. The average molecular weight is 367 g/mol. The first kappa shape index (κ1) is 20.2. The molecule has 0 aliphatic rings. The molecule has 142 valence electrons. The molecule has 0 aliphatic heterocycles. The number of nitrogens with one attached hydrogen (secondary N) is 1. The minimum absolute atomic E-state index is 0.0233. The molecule has 2 aromatic carbocycles. The topological polar surface area (TPSA) is 71.0 Å². The number of anilines is 1. The van der Waals surface area contributed by atoms with Crippen LogP contribution in [0.3, 0.4) is 0 Å². The van der Waals surface area contributed by atoms with Gasteiger partial charge in [-0.05, 0) is 38.5 Å². The van der Waals surface area contributed by atoms with Crippen molar-refractivity contribution in [1.82, 2.24) is 4.90 Å². The summed E-state index contributed by atoms with van der Waals surface area (Å²) in [5.41, 5.74) is 2.82. The monoisotopic (exact) mass is 367 g/mol. The summed E-state index contributed by atoms with van der Waals surface area (Å²) in [4.78, 5) is 30.9. The Labute approximate surface area is 159 Å². The van der Waals surface area contributed by atoms with Crippen molar-refractivity contribution in [3.8, 4) is 0 Å². The maximum atomic E-state index is 12.4. The van der Waals surface area contributed by atoms with E-state index < -0.39 is 5.91 Å². The van der Waals surface area contributed by atoms with Crippen molar-refractivity contribution in [3.63, 3.8) is 0 Å². The van der Waals surface area contributed by atoms with Crippen LogP contribution in [0.5, 0.6) is 0 Å². The van der Waals surface area contributed by atoms with E-state index in [0.29, 0.717) is 12.2 Å². The fraction of sp³-hybridized carbons (Fsp3) is 0.286. The van der Waals surface area contributed by atoms with Gasteiger partial charge in [-0.25, -0.2) is 0 Å². The number of benzene rings is 2. The van der Waals surface area contributed by atoms with E-state index in [2.05, 4.69) is 10.5 Å². The molecule has 0 atom stereocenters. The minimum Gasteiger partial charge on any atom is -0.386 e. The standard InChI is InChI=1S/C21H25N3O3/c1-16(2)24(14-18-7-5-4-6-8-18)21(26)15-27-22-13-20(25)23-19-11-9-17(3)10-12-19/h4-13,16H,14-15H2,1-3H3,(H,23,25)/b22-13-. The molecule has 0 bridgehead atoms. The van der Waals surface area contributed by atoms with E-state index in [4.69, 9.17) is 4.84 Å². The molecule has 0 spiro atoms. The molecular weight excluding hydrogens is 342 g/mol. The van der Waals surface area contributed by atoms with Crippen molar-refractivity contribution < 1.29 is 14.4 Å². The number of amides is 2. The van der Waals surface area contributed by atoms with Crippen molar-refractivity contribution in [2.75, 3.05) is 11.9 Å². The van der Waals surface area contributed by atoms with Gasteiger partial charge >= 0.3 is 0 Å². The molecule has 2 aromatic rings. The fourth-order valence-corrected chi connectivity index (χ4v) is 2.41. The summed E-state index contributed by atoms with van der Waals surface area (Å²) >= 11 is 0. The van der Waals surface area contributed by atoms with Crippen LogP contribution in [0.4, 0.5) is 5.69 Å². The second-order valence-corrected chi connectivity index (χ2v) is 6.46. The smallest absolute Gasteiger partial charge is 0.270 e. The van der Waals surface area contributed by atoms with Crippen LogP contribution in [0.2, 0.25) is 0 Å². The van der Waals surface area contributed by atoms with Gasteiger partial charge in [0, 0.05) is 18.3 Å². The summed E-state index contributed by atoms with van der Waals surface area (Å²) in [6.45, 7) is 6.13. The molecular formula is C21H25N3O3. The number of rotatable bonds is 8. The highest BCUT2D eigenvalue weighted by Gasteiger charge is 2.17. The van der Waals surface area contributed by atoms with Crippen molar-refractivity contribution in [2.24, 2.45) is 5.16 Å². The summed E-state index contributed by atoms with van der Waals surface area (Å²) < 4.78 is 0. The highest BCUT2D eigenvalue weighted by atomic mass is 16.6. The highest BCUT2D eigenvalue weighted by molar-refractivity contribution is 6.31. The van der Waals surface area contributed by atoms with Crippen LogP contribution < -0.4 is 5.32 Å². The van der Waals surface area contributed by atoms with Crippen LogP contribution in [0.15, 0.2) is 59.8 Å². The number of carbonyl (C=O) groups is 2. The lowest BCUT2D eigenvalue weighted by atomic mass is 10.2. The largest absolute Gasteiger partial charge is 0.386 e. The summed E-state index contributed by atoms with van der Waals surface area (Å²) in [7, 11) is 0. The molecule has 0 aromatic heterocycles. The fourth-order valence-electron chi connectivity index (χ4n) is 2.41. The first-order valence-corrected chi connectivity index (χ1v) is 8.82. The Balaban J connectivity index is 1.81. The molecule has 6 nitrogen and oxygen atoms in total. The van der Waals surface area contributed by atoms with E-state index in [0.717, 1.165) is 17.3 Å². The van der Waals surface area contributed by atoms with Crippen molar-refractivity contribution in [2.45, 2.75) is 33.4 Å². The molecule has 0 saturated carbocycles. The van der Waals surface area contributed by atoms with Crippen LogP contribution in [-0.4, -0.2) is 35.6 Å². The Kier molecular flexibility index (Phi) is 7.55. The van der Waals surface area contributed by atoms with Crippen molar-refractivity contribution in [3.05, 3.63) is 65.7 Å². The molecule has 0 heterocycles. The zero-order chi connectivity index (χ0) is 19.6. The predicted octanol–water partition coefficient (Wildman–Crippen LogP) is 3.37. The Hall–Kier alpha value is -3.15. The number of hydrogen-bond acceptors (Lipinski definition) is 4. The molecule has 0 unspecified atom stereocenters. The average Bonchev–Trinajstić information content (AvgIpc) is 2.65. The number of carbonyl (C=O) groups excluding carboxylic acids is 2. The maximum absolute atomic E-state index is 12.4. The lowest BCUT2D eigenvalue weighted by molar-refractivity contribution is -0.138. The second-order valence-electron chi connectivity index (χ2n) is 6.46. The number of nitrogens with zero attached hydrogens (tertiary/aromatic N) is 2. The van der Waals surface area contributed by atoms with Crippen LogP contribution in [0, 0.1) is 6.92 Å². The summed E-state index contributed by atoms with van der Waals surface area (Å²) in [5, 5.41) is 6.26. The van der Waals surface area contributed by atoms with E-state index in [1.807, 2.05) is 63.2 Å². The zero-order valence-electron chi connectivity index (χ0n) is 15.9. The molecule has 27 heavy (non-hydrogen) atoms. The van der Waals surface area contributed by atoms with Crippen LogP contribution in [0.1, 0.15) is 25.0 Å². The van der Waals surface area contributed by atoms with E-state index in [9.17, 15) is 9.59 Å². The predicted molar refractivity (Wildman–Crippen MR) is 106 cm³/mol. The molecule has 2 amide bonds. The van der Waals surface area contributed by atoms with Gasteiger partial charge < -0.3 is 15.1 Å². The van der Waals surface area contributed by atoms with Crippen LogP contribution >= 0.6 is 0 Å². The molecule has 6 heteroatoms. The third kappa shape index (κ3) is 6.93. The highest BCUT2D eigenvalue weighted by Crippen LogP contribution is 2.09. The lowest BCUT2D eigenvalue weighted by Gasteiger charge is -2.26. The number of oxime groups is 1. The molecule has 0 radical (unpaired) electrons. The Morgan fingerprint density at radius 1 is 1.11 bits per heavy atom. The van der Waals surface area contributed by atoms with Gasteiger partial charge in [0.25, 0.3) is 11.8 Å². The van der Waals surface area contributed by atoms with Gasteiger partial charge in [-0.15, -0.1) is 0 Å². The van der Waals surface area contributed by atoms with E-state index in [-0.39, 0.29) is 18.6 Å². The number of hydrogen-bond donors (Lipinski definition) is 1. The van der Waals surface area contributed by atoms with E-state index in [1.165, 1.54) is 0 Å². The van der Waals surface area contributed by atoms with Crippen LogP contribution in [0.25, 0.3) is 0 Å². The SMILES string of the molecule is Cc1ccc(NC(=O)/C=N\OCC(=O)N(Cc2ccccc2)C(C)C)cc1. The molecule has 1 N–H and O–H groups in total. The summed E-state index contributed by atoms with van der Waals surface area (Å²) in [5.74, 6) is -0.610. The van der Waals surface area contributed by atoms with Gasteiger partial charge in [0.2, 0.25) is 0 Å². The normalized spacial score (nSPS) is 10.8. The van der Waals surface area contributed by atoms with Gasteiger partial charge in [0.15, 0.2) is 6.61 Å². The summed E-state index contributed by atoms with van der Waals surface area (Å²) in [6.07, 6.45) is 1.02. The quantitative estimate of drug-likeness (QED) is 0.574. The minimum atomic E-state index is -0.420. The first-order valence-electron chi connectivity index (χ1n) is 8.82. The Morgan fingerprint density at radius 2 is 1.78 bits per heavy atom. The zero-order valence-corrected chi connectivity index (χ0v) is 15.9. The Morgan fingerprint density at radius 3 is 2.41 bits per heavy atom. The number of aryl methyl sites for hydroxylation is 1. The van der Waals surface area contributed by atoms with E-state index >= 15 is 0 Å². The molecule has 0 aliphatic carbocycles. The third-order valence-electron chi connectivity index (χ3n) is 3.89. The van der Waals surface area contributed by atoms with Gasteiger partial charge in [-0.1, -0.05) is 53.2 Å². The second kappa shape index (κ2) is 10.1.